The molecular formula is C21H27FIN5S. The van der Waals surface area contributed by atoms with Crippen molar-refractivity contribution in [1.29, 1.82) is 5.26 Å². The minimum atomic E-state index is -0.396. The van der Waals surface area contributed by atoms with Crippen molar-refractivity contribution in [3.05, 3.63) is 57.5 Å². The Hall–Kier alpha value is -1.70. The van der Waals surface area contributed by atoms with Gasteiger partial charge in [0.2, 0.25) is 0 Å². The normalized spacial score (nSPS) is 15.4. The zero-order valence-electron chi connectivity index (χ0n) is 16.5. The van der Waals surface area contributed by atoms with Gasteiger partial charge in [-0.3, -0.25) is 4.90 Å². The quantitative estimate of drug-likeness (QED) is 0.321. The molecule has 1 unspecified atom stereocenters. The Kier molecular flexibility index (Phi) is 9.84. The summed E-state index contributed by atoms with van der Waals surface area (Å²) in [5, 5.41) is 17.6. The van der Waals surface area contributed by atoms with Gasteiger partial charge in [-0.2, -0.15) is 5.26 Å². The number of likely N-dealkylation sites (tertiary alicyclic amines) is 1. The molecule has 3 rings (SSSR count). The maximum atomic E-state index is 14.1. The van der Waals surface area contributed by atoms with Gasteiger partial charge < -0.3 is 10.6 Å². The standard InChI is InChI=1S/C21H26FN5S.HI/c1-2-24-21(25-14-17-8-7-16(13-23)12-18(17)22)26-15-19(20-6-5-11-28-20)27-9-3-4-10-27;/h5-8,11-12,19H,2-4,9-10,14-15H2,1H3,(H2,24,25,26);1H. The van der Waals surface area contributed by atoms with Gasteiger partial charge in [0.1, 0.15) is 5.82 Å². The molecule has 0 amide bonds. The second-order valence-electron chi connectivity index (χ2n) is 6.77. The minimum Gasteiger partial charge on any atom is -0.357 e. The van der Waals surface area contributed by atoms with E-state index in [9.17, 15) is 4.39 Å². The molecule has 1 saturated heterocycles. The summed E-state index contributed by atoms with van der Waals surface area (Å²) >= 11 is 1.78. The molecule has 156 valence electrons. The van der Waals surface area contributed by atoms with Crippen LogP contribution in [0.25, 0.3) is 0 Å². The van der Waals surface area contributed by atoms with Crippen LogP contribution < -0.4 is 10.6 Å². The predicted molar refractivity (Wildman–Crippen MR) is 127 cm³/mol. The summed E-state index contributed by atoms with van der Waals surface area (Å²) in [4.78, 5) is 8.40. The fraction of sp³-hybridized carbons (Fsp3) is 0.429. The van der Waals surface area contributed by atoms with Gasteiger partial charge in [-0.25, -0.2) is 9.38 Å². The third-order valence-corrected chi connectivity index (χ3v) is 5.82. The summed E-state index contributed by atoms with van der Waals surface area (Å²) in [6, 6.07) is 11.0. The van der Waals surface area contributed by atoms with Crippen LogP contribution in [0.2, 0.25) is 0 Å². The lowest BCUT2D eigenvalue weighted by atomic mass is 10.1. The Balaban J connectivity index is 0.00000300. The van der Waals surface area contributed by atoms with E-state index in [1.807, 2.05) is 13.0 Å². The molecule has 2 heterocycles. The molecule has 0 bridgehead atoms. The number of thiophene rings is 1. The van der Waals surface area contributed by atoms with Gasteiger partial charge in [-0.05, 0) is 56.4 Å². The lowest BCUT2D eigenvalue weighted by molar-refractivity contribution is 0.249. The van der Waals surface area contributed by atoms with Crippen molar-refractivity contribution in [2.45, 2.75) is 32.4 Å². The van der Waals surface area contributed by atoms with Crippen LogP contribution in [0.1, 0.15) is 41.8 Å². The van der Waals surface area contributed by atoms with Gasteiger partial charge in [0.25, 0.3) is 0 Å². The van der Waals surface area contributed by atoms with Crippen LogP contribution in [0.15, 0.2) is 40.7 Å². The minimum absolute atomic E-state index is 0. The van der Waals surface area contributed by atoms with E-state index in [4.69, 9.17) is 5.26 Å². The molecule has 8 heteroatoms. The summed E-state index contributed by atoms with van der Waals surface area (Å²) in [5.41, 5.74) is 0.796. The number of guanidine groups is 1. The lowest BCUT2D eigenvalue weighted by Gasteiger charge is -2.27. The van der Waals surface area contributed by atoms with Crippen LogP contribution in [-0.4, -0.2) is 37.0 Å². The zero-order chi connectivity index (χ0) is 19.8. The van der Waals surface area contributed by atoms with E-state index in [0.717, 1.165) is 26.2 Å². The third-order valence-electron chi connectivity index (χ3n) is 4.85. The van der Waals surface area contributed by atoms with Gasteiger partial charge in [-0.1, -0.05) is 12.1 Å². The second-order valence-corrected chi connectivity index (χ2v) is 7.75. The molecule has 2 aromatic rings. The van der Waals surface area contributed by atoms with Crippen molar-refractivity contribution in [1.82, 2.24) is 15.5 Å². The summed E-state index contributed by atoms with van der Waals surface area (Å²) < 4.78 is 14.1. The topological polar surface area (TPSA) is 63.5 Å². The molecule has 1 aliphatic heterocycles. The van der Waals surface area contributed by atoms with Crippen molar-refractivity contribution in [3.63, 3.8) is 0 Å². The van der Waals surface area contributed by atoms with E-state index in [-0.39, 0.29) is 30.5 Å². The largest absolute Gasteiger partial charge is 0.357 e. The number of nitriles is 1. The van der Waals surface area contributed by atoms with Crippen LogP contribution >= 0.6 is 35.3 Å². The van der Waals surface area contributed by atoms with Crippen LogP contribution in [0.5, 0.6) is 0 Å². The number of benzene rings is 1. The number of hydrogen-bond acceptors (Lipinski definition) is 4. The molecule has 5 nitrogen and oxygen atoms in total. The molecule has 0 spiro atoms. The highest BCUT2D eigenvalue weighted by Gasteiger charge is 2.24. The number of nitrogens with zero attached hydrogens (tertiary/aromatic N) is 3. The lowest BCUT2D eigenvalue weighted by Crippen LogP contribution is -2.42. The van der Waals surface area contributed by atoms with Crippen molar-refractivity contribution in [2.24, 2.45) is 4.99 Å². The van der Waals surface area contributed by atoms with E-state index in [2.05, 4.69) is 38.0 Å². The van der Waals surface area contributed by atoms with Crippen LogP contribution in [0.3, 0.4) is 0 Å². The Morgan fingerprint density at radius 1 is 1.31 bits per heavy atom. The maximum Gasteiger partial charge on any atom is 0.191 e. The molecule has 1 aromatic carbocycles. The monoisotopic (exact) mass is 527 g/mol. The SMILES string of the molecule is CCNC(=NCc1ccc(C#N)cc1F)NCC(c1cccs1)N1CCCC1.I. The van der Waals surface area contributed by atoms with E-state index in [0.29, 0.717) is 23.1 Å². The third kappa shape index (κ3) is 6.66. The average Bonchev–Trinajstić information content (AvgIpc) is 3.41. The van der Waals surface area contributed by atoms with Gasteiger partial charge in [-0.15, -0.1) is 35.3 Å². The van der Waals surface area contributed by atoms with Gasteiger partial charge >= 0.3 is 0 Å². The van der Waals surface area contributed by atoms with Crippen molar-refractivity contribution in [3.8, 4) is 6.07 Å². The molecule has 0 aliphatic carbocycles. The Bertz CT molecular complexity index is 828. The summed E-state index contributed by atoms with van der Waals surface area (Å²) in [5.74, 6) is 0.277. The first-order valence-corrected chi connectivity index (χ1v) is 10.6. The highest BCUT2D eigenvalue weighted by molar-refractivity contribution is 14.0. The molecule has 1 fully saturated rings. The van der Waals surface area contributed by atoms with Gasteiger partial charge in [0.05, 0.1) is 24.2 Å². The Labute approximate surface area is 193 Å². The van der Waals surface area contributed by atoms with Crippen LogP contribution in [0.4, 0.5) is 4.39 Å². The fourth-order valence-corrected chi connectivity index (χ4v) is 4.25. The molecule has 1 aromatic heterocycles. The van der Waals surface area contributed by atoms with Crippen LogP contribution in [0, 0.1) is 17.1 Å². The smallest absolute Gasteiger partial charge is 0.191 e. The highest BCUT2D eigenvalue weighted by atomic mass is 127. The number of nitrogens with one attached hydrogen (secondary N) is 2. The molecule has 1 aliphatic rings. The van der Waals surface area contributed by atoms with E-state index < -0.39 is 5.82 Å². The number of aliphatic imine (C=N–C) groups is 1. The second kappa shape index (κ2) is 12.1. The fourth-order valence-electron chi connectivity index (χ4n) is 3.39. The van der Waals surface area contributed by atoms with Crippen molar-refractivity contribution < 1.29 is 4.39 Å². The zero-order valence-corrected chi connectivity index (χ0v) is 19.7. The van der Waals surface area contributed by atoms with E-state index in [1.54, 1.807) is 23.5 Å². The molecular weight excluding hydrogens is 500 g/mol. The average molecular weight is 527 g/mol. The number of halogens is 2. The first-order valence-electron chi connectivity index (χ1n) is 9.69. The first-order chi connectivity index (χ1) is 13.7. The maximum absolute atomic E-state index is 14.1. The molecule has 0 radical (unpaired) electrons. The predicted octanol–water partition coefficient (Wildman–Crippen LogP) is 4.27. The summed E-state index contributed by atoms with van der Waals surface area (Å²) in [6.45, 7) is 5.96. The summed E-state index contributed by atoms with van der Waals surface area (Å²) in [6.07, 6.45) is 2.49. The number of rotatable bonds is 7. The van der Waals surface area contributed by atoms with Gasteiger partial charge in [0.15, 0.2) is 5.96 Å². The molecule has 0 saturated carbocycles. The van der Waals surface area contributed by atoms with Crippen molar-refractivity contribution in [2.75, 3.05) is 26.2 Å². The highest BCUT2D eigenvalue weighted by Crippen LogP contribution is 2.27. The van der Waals surface area contributed by atoms with E-state index >= 15 is 0 Å². The molecule has 1 atom stereocenters. The van der Waals surface area contributed by atoms with Crippen LogP contribution in [-0.2, 0) is 6.54 Å². The Morgan fingerprint density at radius 2 is 2.10 bits per heavy atom. The number of hydrogen-bond donors (Lipinski definition) is 2. The summed E-state index contributed by atoms with van der Waals surface area (Å²) in [7, 11) is 0. The molecule has 29 heavy (non-hydrogen) atoms. The van der Waals surface area contributed by atoms with E-state index in [1.165, 1.54) is 23.8 Å². The van der Waals surface area contributed by atoms with Gasteiger partial charge in [0, 0.05) is 23.5 Å². The first kappa shape index (κ1) is 23.6. The Morgan fingerprint density at radius 3 is 2.72 bits per heavy atom. The van der Waals surface area contributed by atoms with Crippen molar-refractivity contribution >= 4 is 41.3 Å². The molecule has 2 N–H and O–H groups in total.